The molecule has 4 heteroatoms. The van der Waals surface area contributed by atoms with Gasteiger partial charge in [-0.25, -0.2) is 17.6 Å². The molecule has 0 fully saturated rings. The molecule has 0 nitrogen and oxygen atoms in total. The minimum Gasteiger partial charge on any atom is -0.203 e. The monoisotopic (exact) mass is 204 g/mol. The third kappa shape index (κ3) is 1.52. The van der Waals surface area contributed by atoms with Crippen LogP contribution in [0.15, 0.2) is 12.7 Å². The van der Waals surface area contributed by atoms with Gasteiger partial charge in [0.15, 0.2) is 23.3 Å². The standard InChI is InChI=1S/C10H8F4/c1-3-4-6-5(2)7(11)9(13)10(14)8(6)12/h3H,1,4H2,2H3. The van der Waals surface area contributed by atoms with Crippen molar-refractivity contribution in [3.63, 3.8) is 0 Å². The summed E-state index contributed by atoms with van der Waals surface area (Å²) in [7, 11) is 0. The molecule has 76 valence electrons. The highest BCUT2D eigenvalue weighted by Gasteiger charge is 2.21. The van der Waals surface area contributed by atoms with Crippen LogP contribution in [0.1, 0.15) is 11.1 Å². The molecule has 0 saturated heterocycles. The number of hydrogen-bond acceptors (Lipinski definition) is 0. The Hall–Kier alpha value is -1.32. The quantitative estimate of drug-likeness (QED) is 0.300. The number of hydrogen-bond donors (Lipinski definition) is 0. The number of allylic oxidation sites excluding steroid dienone is 1. The smallest absolute Gasteiger partial charge is 0.197 e. The van der Waals surface area contributed by atoms with E-state index in [-0.39, 0.29) is 17.5 Å². The largest absolute Gasteiger partial charge is 0.203 e. The van der Waals surface area contributed by atoms with E-state index in [4.69, 9.17) is 0 Å². The van der Waals surface area contributed by atoms with E-state index in [0.717, 1.165) is 0 Å². The van der Waals surface area contributed by atoms with Crippen LogP contribution in [-0.4, -0.2) is 0 Å². The van der Waals surface area contributed by atoms with Gasteiger partial charge in [-0.05, 0) is 18.9 Å². The van der Waals surface area contributed by atoms with Gasteiger partial charge in [-0.15, -0.1) is 6.58 Å². The zero-order valence-electron chi connectivity index (χ0n) is 7.50. The van der Waals surface area contributed by atoms with Gasteiger partial charge in [0.1, 0.15) is 0 Å². The van der Waals surface area contributed by atoms with Crippen molar-refractivity contribution in [3.8, 4) is 0 Å². The van der Waals surface area contributed by atoms with Crippen LogP contribution in [-0.2, 0) is 6.42 Å². The molecule has 0 aliphatic heterocycles. The van der Waals surface area contributed by atoms with Gasteiger partial charge in [0.05, 0.1) is 0 Å². The Morgan fingerprint density at radius 3 is 2.00 bits per heavy atom. The van der Waals surface area contributed by atoms with E-state index < -0.39 is 23.3 Å². The van der Waals surface area contributed by atoms with Crippen LogP contribution in [0.3, 0.4) is 0 Å². The van der Waals surface area contributed by atoms with Gasteiger partial charge in [-0.3, -0.25) is 0 Å². The summed E-state index contributed by atoms with van der Waals surface area (Å²) >= 11 is 0. The Bertz CT molecular complexity index is 353. The van der Waals surface area contributed by atoms with E-state index in [1.54, 1.807) is 0 Å². The first-order valence-electron chi connectivity index (χ1n) is 3.93. The third-order valence-electron chi connectivity index (χ3n) is 1.97. The molecule has 0 radical (unpaired) electrons. The first-order chi connectivity index (χ1) is 6.50. The molecule has 0 aliphatic carbocycles. The zero-order chi connectivity index (χ0) is 10.9. The van der Waals surface area contributed by atoms with Gasteiger partial charge in [0, 0.05) is 5.56 Å². The average Bonchev–Trinajstić information content (AvgIpc) is 2.19. The highest BCUT2D eigenvalue weighted by molar-refractivity contribution is 5.32. The Kier molecular flexibility index (Phi) is 2.93. The molecule has 1 aromatic carbocycles. The van der Waals surface area contributed by atoms with Crippen LogP contribution in [0.5, 0.6) is 0 Å². The maximum Gasteiger partial charge on any atom is 0.197 e. The Balaban J connectivity index is 3.50. The van der Waals surface area contributed by atoms with Gasteiger partial charge < -0.3 is 0 Å². The molecule has 0 aromatic heterocycles. The van der Waals surface area contributed by atoms with Crippen LogP contribution >= 0.6 is 0 Å². The summed E-state index contributed by atoms with van der Waals surface area (Å²) in [5, 5.41) is 0. The molecule has 0 heterocycles. The lowest BCUT2D eigenvalue weighted by Crippen LogP contribution is -2.05. The first kappa shape index (κ1) is 10.8. The number of halogens is 4. The molecule has 0 spiro atoms. The minimum absolute atomic E-state index is 0.0359. The van der Waals surface area contributed by atoms with Crippen molar-refractivity contribution in [2.75, 3.05) is 0 Å². The van der Waals surface area contributed by atoms with Crippen LogP contribution < -0.4 is 0 Å². The maximum atomic E-state index is 13.1. The van der Waals surface area contributed by atoms with Gasteiger partial charge in [-0.2, -0.15) is 0 Å². The van der Waals surface area contributed by atoms with Crippen LogP contribution in [0.25, 0.3) is 0 Å². The SMILES string of the molecule is C=CCc1c(C)c(F)c(F)c(F)c1F. The third-order valence-corrected chi connectivity index (χ3v) is 1.97. The predicted molar refractivity (Wildman–Crippen MR) is 44.9 cm³/mol. The minimum atomic E-state index is -1.77. The summed E-state index contributed by atoms with van der Waals surface area (Å²) < 4.78 is 51.4. The molecule has 0 bridgehead atoms. The van der Waals surface area contributed by atoms with Gasteiger partial charge in [-0.1, -0.05) is 6.08 Å². The molecule has 0 unspecified atom stereocenters. The van der Waals surface area contributed by atoms with Crippen molar-refractivity contribution in [1.29, 1.82) is 0 Å². The van der Waals surface area contributed by atoms with E-state index in [2.05, 4.69) is 6.58 Å². The highest BCUT2D eigenvalue weighted by atomic mass is 19.2. The molecule has 1 aromatic rings. The lowest BCUT2D eigenvalue weighted by Gasteiger charge is -2.08. The van der Waals surface area contributed by atoms with E-state index in [1.165, 1.54) is 13.0 Å². The van der Waals surface area contributed by atoms with Gasteiger partial charge in [0.25, 0.3) is 0 Å². The molecule has 0 aliphatic rings. The number of rotatable bonds is 2. The second-order valence-electron chi connectivity index (χ2n) is 2.85. The van der Waals surface area contributed by atoms with Crippen molar-refractivity contribution in [2.24, 2.45) is 0 Å². The first-order valence-corrected chi connectivity index (χ1v) is 3.93. The summed E-state index contributed by atoms with van der Waals surface area (Å²) in [5.41, 5.74) is -0.419. The van der Waals surface area contributed by atoms with Crippen molar-refractivity contribution in [3.05, 3.63) is 47.1 Å². The van der Waals surface area contributed by atoms with E-state index in [1.807, 2.05) is 0 Å². The van der Waals surface area contributed by atoms with E-state index >= 15 is 0 Å². The lowest BCUT2D eigenvalue weighted by molar-refractivity contribution is 0.401. The Labute approximate surface area is 78.9 Å². The fourth-order valence-electron chi connectivity index (χ4n) is 1.17. The van der Waals surface area contributed by atoms with Crippen molar-refractivity contribution >= 4 is 0 Å². The lowest BCUT2D eigenvalue weighted by atomic mass is 10.0. The predicted octanol–water partition coefficient (Wildman–Crippen LogP) is 3.28. The molecule has 0 amide bonds. The van der Waals surface area contributed by atoms with Gasteiger partial charge >= 0.3 is 0 Å². The van der Waals surface area contributed by atoms with E-state index in [0.29, 0.717) is 0 Å². The van der Waals surface area contributed by atoms with Crippen LogP contribution in [0.4, 0.5) is 17.6 Å². The van der Waals surface area contributed by atoms with Gasteiger partial charge in [0.2, 0.25) is 0 Å². The Morgan fingerprint density at radius 2 is 1.50 bits per heavy atom. The van der Waals surface area contributed by atoms with Crippen molar-refractivity contribution in [2.45, 2.75) is 13.3 Å². The topological polar surface area (TPSA) is 0 Å². The molecule has 14 heavy (non-hydrogen) atoms. The zero-order valence-corrected chi connectivity index (χ0v) is 7.50. The summed E-state index contributed by atoms with van der Waals surface area (Å²) in [5.74, 6) is -6.24. The molecule has 1 rings (SSSR count). The highest BCUT2D eigenvalue weighted by Crippen LogP contribution is 2.23. The summed E-state index contributed by atoms with van der Waals surface area (Å²) in [6, 6.07) is 0. The van der Waals surface area contributed by atoms with Crippen molar-refractivity contribution < 1.29 is 17.6 Å². The second kappa shape index (κ2) is 3.82. The molecule has 0 saturated carbocycles. The summed E-state index contributed by atoms with van der Waals surface area (Å²) in [6.07, 6.45) is 1.26. The molecular weight excluding hydrogens is 196 g/mol. The fraction of sp³-hybridized carbons (Fsp3) is 0.200. The Morgan fingerprint density at radius 1 is 1.00 bits per heavy atom. The normalized spacial score (nSPS) is 10.4. The fourth-order valence-corrected chi connectivity index (χ4v) is 1.17. The molecular formula is C10H8F4. The summed E-state index contributed by atoms with van der Waals surface area (Å²) in [6.45, 7) is 4.51. The van der Waals surface area contributed by atoms with Crippen LogP contribution in [0.2, 0.25) is 0 Å². The maximum absolute atomic E-state index is 13.1. The average molecular weight is 204 g/mol. The van der Waals surface area contributed by atoms with Crippen LogP contribution in [0, 0.1) is 30.2 Å². The molecule has 0 atom stereocenters. The second-order valence-corrected chi connectivity index (χ2v) is 2.85. The number of benzene rings is 1. The molecule has 0 N–H and O–H groups in total. The summed E-state index contributed by atoms with van der Waals surface area (Å²) in [4.78, 5) is 0. The van der Waals surface area contributed by atoms with E-state index in [9.17, 15) is 17.6 Å². The van der Waals surface area contributed by atoms with Crippen molar-refractivity contribution in [1.82, 2.24) is 0 Å².